The molecule has 1 rings (SSSR count). The van der Waals surface area contributed by atoms with Crippen LogP contribution in [0, 0.1) is 21.8 Å². The second-order valence-corrected chi connectivity index (χ2v) is 4.25. The summed E-state index contributed by atoms with van der Waals surface area (Å²) in [5.74, 6) is -1.95. The zero-order valence-corrected chi connectivity index (χ0v) is 10.8. The van der Waals surface area contributed by atoms with Gasteiger partial charge in [0, 0.05) is 6.07 Å². The number of nitro benzene ring substituents is 1. The Morgan fingerprint density at radius 3 is 2.58 bits per heavy atom. The van der Waals surface area contributed by atoms with Crippen molar-refractivity contribution >= 4 is 11.7 Å². The Hall–Kier alpha value is -2.18. The van der Waals surface area contributed by atoms with E-state index < -0.39 is 28.0 Å². The molecule has 1 aromatic rings. The third-order valence-corrected chi connectivity index (χ3v) is 2.22. The number of benzene rings is 1. The van der Waals surface area contributed by atoms with Crippen LogP contribution < -0.4 is 4.74 Å². The molecule has 19 heavy (non-hydrogen) atoms. The van der Waals surface area contributed by atoms with Gasteiger partial charge in [-0.05, 0) is 5.92 Å². The molecular weight excluding hydrogens is 257 g/mol. The van der Waals surface area contributed by atoms with E-state index in [-0.39, 0.29) is 18.3 Å². The van der Waals surface area contributed by atoms with Crippen LogP contribution in [0.15, 0.2) is 12.1 Å². The smallest absolute Gasteiger partial charge is 0.340 e. The van der Waals surface area contributed by atoms with Gasteiger partial charge in [0.15, 0.2) is 5.75 Å². The van der Waals surface area contributed by atoms with Crippen LogP contribution in [0.4, 0.5) is 10.1 Å². The average Bonchev–Trinajstić information content (AvgIpc) is 2.35. The number of hydrogen-bond acceptors (Lipinski definition) is 5. The predicted octanol–water partition coefficient (Wildman–Crippen LogP) is 2.56. The number of rotatable bonds is 5. The largest absolute Gasteiger partial charge is 0.487 e. The van der Waals surface area contributed by atoms with Crippen LogP contribution in [0.3, 0.4) is 0 Å². The predicted molar refractivity (Wildman–Crippen MR) is 64.7 cm³/mol. The van der Waals surface area contributed by atoms with E-state index in [2.05, 4.69) is 4.74 Å². The first kappa shape index (κ1) is 14.9. The third kappa shape index (κ3) is 3.64. The molecular formula is C12H14FNO5. The molecule has 7 heteroatoms. The summed E-state index contributed by atoms with van der Waals surface area (Å²) in [6, 6.07) is 1.64. The van der Waals surface area contributed by atoms with Crippen LogP contribution in [0.2, 0.25) is 0 Å². The minimum atomic E-state index is -1.02. The summed E-state index contributed by atoms with van der Waals surface area (Å²) in [7, 11) is 1.10. The molecule has 0 aromatic heterocycles. The first-order chi connectivity index (χ1) is 8.86. The summed E-state index contributed by atoms with van der Waals surface area (Å²) in [6.07, 6.45) is 0. The molecule has 0 aliphatic carbocycles. The number of esters is 1. The van der Waals surface area contributed by atoms with Gasteiger partial charge >= 0.3 is 11.7 Å². The van der Waals surface area contributed by atoms with Gasteiger partial charge in [-0.25, -0.2) is 9.18 Å². The monoisotopic (exact) mass is 271 g/mol. The van der Waals surface area contributed by atoms with E-state index in [1.165, 1.54) is 0 Å². The Labute approximate surface area is 109 Å². The maximum Gasteiger partial charge on any atom is 0.340 e. The highest BCUT2D eigenvalue weighted by Crippen LogP contribution is 2.30. The first-order valence-electron chi connectivity index (χ1n) is 5.55. The summed E-state index contributed by atoms with van der Waals surface area (Å²) in [5.41, 5.74) is -0.919. The Kier molecular flexibility index (Phi) is 4.80. The molecule has 0 N–H and O–H groups in total. The van der Waals surface area contributed by atoms with Crippen LogP contribution in [0.25, 0.3) is 0 Å². The fourth-order valence-electron chi connectivity index (χ4n) is 1.32. The van der Waals surface area contributed by atoms with Gasteiger partial charge in [0.2, 0.25) is 0 Å². The molecule has 0 aliphatic rings. The van der Waals surface area contributed by atoms with Gasteiger partial charge in [-0.1, -0.05) is 13.8 Å². The van der Waals surface area contributed by atoms with Gasteiger partial charge in [0.25, 0.3) is 0 Å². The second-order valence-electron chi connectivity index (χ2n) is 4.25. The highest BCUT2D eigenvalue weighted by molar-refractivity contribution is 5.90. The van der Waals surface area contributed by atoms with Gasteiger partial charge in [-0.3, -0.25) is 10.1 Å². The first-order valence-corrected chi connectivity index (χ1v) is 5.55. The highest BCUT2D eigenvalue weighted by atomic mass is 19.1. The molecule has 0 fully saturated rings. The summed E-state index contributed by atoms with van der Waals surface area (Å²) < 4.78 is 23.2. The SMILES string of the molecule is COC(=O)c1cc(OCC(C)C)c([N+](=O)[O-])cc1F. The molecule has 6 nitrogen and oxygen atoms in total. The topological polar surface area (TPSA) is 78.7 Å². The number of nitro groups is 1. The van der Waals surface area contributed by atoms with Crippen LogP contribution in [0.5, 0.6) is 5.75 Å². The number of hydrogen-bond donors (Lipinski definition) is 0. The second kappa shape index (κ2) is 6.12. The molecule has 104 valence electrons. The molecule has 1 aromatic carbocycles. The van der Waals surface area contributed by atoms with E-state index in [0.29, 0.717) is 6.07 Å². The summed E-state index contributed by atoms with van der Waals surface area (Å²) in [6.45, 7) is 3.93. The Morgan fingerprint density at radius 1 is 1.47 bits per heavy atom. The van der Waals surface area contributed by atoms with Crippen molar-refractivity contribution in [3.63, 3.8) is 0 Å². The lowest BCUT2D eigenvalue weighted by Crippen LogP contribution is -2.10. The Balaban J connectivity index is 3.23. The van der Waals surface area contributed by atoms with Gasteiger partial charge in [-0.15, -0.1) is 0 Å². The number of nitrogens with zero attached hydrogens (tertiary/aromatic N) is 1. The van der Waals surface area contributed by atoms with Crippen molar-refractivity contribution in [1.29, 1.82) is 0 Å². The molecule has 0 bridgehead atoms. The van der Waals surface area contributed by atoms with E-state index in [9.17, 15) is 19.3 Å². The maximum absolute atomic E-state index is 13.6. The van der Waals surface area contributed by atoms with Crippen molar-refractivity contribution in [3.05, 3.63) is 33.6 Å². The fourth-order valence-corrected chi connectivity index (χ4v) is 1.32. The quantitative estimate of drug-likeness (QED) is 0.467. The van der Waals surface area contributed by atoms with Crippen molar-refractivity contribution in [3.8, 4) is 5.75 Å². The number of carbonyl (C=O) groups is 1. The zero-order chi connectivity index (χ0) is 14.6. The molecule has 0 amide bonds. The molecule has 0 saturated heterocycles. The number of halogens is 1. The van der Waals surface area contributed by atoms with E-state index in [1.807, 2.05) is 13.8 Å². The molecule has 0 atom stereocenters. The van der Waals surface area contributed by atoms with Gasteiger partial charge < -0.3 is 9.47 Å². The molecule has 0 aliphatic heterocycles. The summed E-state index contributed by atoms with van der Waals surface area (Å²) in [4.78, 5) is 21.4. The fraction of sp³-hybridized carbons (Fsp3) is 0.417. The van der Waals surface area contributed by atoms with Gasteiger partial charge in [0.05, 0.1) is 30.3 Å². The normalized spacial score (nSPS) is 10.4. The standard InChI is InChI=1S/C12H14FNO5/c1-7(2)6-19-11-4-8(12(15)18-3)9(13)5-10(11)14(16)17/h4-5,7H,6H2,1-3H3. The van der Waals surface area contributed by atoms with Crippen LogP contribution in [-0.2, 0) is 4.74 Å². The Morgan fingerprint density at radius 2 is 2.11 bits per heavy atom. The summed E-state index contributed by atoms with van der Waals surface area (Å²) in [5, 5.41) is 10.8. The minimum absolute atomic E-state index is 0.131. The molecule has 0 heterocycles. The van der Waals surface area contributed by atoms with Gasteiger partial charge in [0.1, 0.15) is 5.82 Å². The zero-order valence-electron chi connectivity index (χ0n) is 10.8. The maximum atomic E-state index is 13.6. The van der Waals surface area contributed by atoms with E-state index in [4.69, 9.17) is 4.74 Å². The van der Waals surface area contributed by atoms with E-state index >= 15 is 0 Å². The summed E-state index contributed by atoms with van der Waals surface area (Å²) >= 11 is 0. The van der Waals surface area contributed by atoms with E-state index in [1.54, 1.807) is 0 Å². The van der Waals surface area contributed by atoms with Crippen molar-refractivity contribution in [2.24, 2.45) is 5.92 Å². The van der Waals surface area contributed by atoms with Crippen LogP contribution in [0.1, 0.15) is 24.2 Å². The minimum Gasteiger partial charge on any atom is -0.487 e. The number of ether oxygens (including phenoxy) is 2. The van der Waals surface area contributed by atoms with Gasteiger partial charge in [-0.2, -0.15) is 0 Å². The molecule has 0 radical (unpaired) electrons. The number of methoxy groups -OCH3 is 1. The van der Waals surface area contributed by atoms with Crippen molar-refractivity contribution < 1.29 is 23.6 Å². The van der Waals surface area contributed by atoms with Crippen LogP contribution >= 0.6 is 0 Å². The average molecular weight is 271 g/mol. The number of carbonyl (C=O) groups excluding carboxylic acids is 1. The lowest BCUT2D eigenvalue weighted by atomic mass is 10.1. The molecule has 0 unspecified atom stereocenters. The Bertz CT molecular complexity index is 501. The lowest BCUT2D eigenvalue weighted by Gasteiger charge is -2.10. The van der Waals surface area contributed by atoms with Crippen molar-refractivity contribution in [2.75, 3.05) is 13.7 Å². The molecule has 0 saturated carbocycles. The van der Waals surface area contributed by atoms with E-state index in [0.717, 1.165) is 13.2 Å². The van der Waals surface area contributed by atoms with Crippen LogP contribution in [-0.4, -0.2) is 24.6 Å². The van der Waals surface area contributed by atoms with Crippen molar-refractivity contribution in [1.82, 2.24) is 0 Å². The highest BCUT2D eigenvalue weighted by Gasteiger charge is 2.23. The van der Waals surface area contributed by atoms with Crippen molar-refractivity contribution in [2.45, 2.75) is 13.8 Å². The molecule has 0 spiro atoms. The third-order valence-electron chi connectivity index (χ3n) is 2.22. The lowest BCUT2D eigenvalue weighted by molar-refractivity contribution is -0.386.